The highest BCUT2D eigenvalue weighted by Gasteiger charge is 2.05. The van der Waals surface area contributed by atoms with Gasteiger partial charge in [0.05, 0.1) is 6.61 Å². The van der Waals surface area contributed by atoms with Crippen LogP contribution in [0.3, 0.4) is 0 Å². The number of nitrogens with one attached hydrogen (secondary N) is 1. The quantitative estimate of drug-likeness (QED) is 0.507. The van der Waals surface area contributed by atoms with Crippen molar-refractivity contribution in [1.29, 1.82) is 0 Å². The van der Waals surface area contributed by atoms with Crippen LogP contribution in [0, 0.1) is 5.92 Å². The van der Waals surface area contributed by atoms with Gasteiger partial charge in [0.1, 0.15) is 0 Å². The fourth-order valence-electron chi connectivity index (χ4n) is 1.89. The standard InChI is InChI=1S/C17H29NOS/c1-5-9-18-15(4)16-7-6-8-17(12-16)20-11-10-19-13-14(2)3/h6-8,12,14-15,18H,5,9-11,13H2,1-4H3. The first kappa shape index (κ1) is 17.5. The summed E-state index contributed by atoms with van der Waals surface area (Å²) in [5, 5.41) is 3.53. The highest BCUT2D eigenvalue weighted by Crippen LogP contribution is 2.22. The third-order valence-corrected chi connectivity index (χ3v) is 3.96. The number of ether oxygens (including phenoxy) is 1. The fourth-order valence-corrected chi connectivity index (χ4v) is 2.72. The van der Waals surface area contributed by atoms with Gasteiger partial charge >= 0.3 is 0 Å². The van der Waals surface area contributed by atoms with Crippen molar-refractivity contribution < 1.29 is 4.74 Å². The molecule has 0 aliphatic heterocycles. The van der Waals surface area contributed by atoms with Gasteiger partial charge in [0, 0.05) is 23.3 Å². The van der Waals surface area contributed by atoms with Crippen molar-refractivity contribution in [2.75, 3.05) is 25.5 Å². The maximum Gasteiger partial charge on any atom is 0.0560 e. The highest BCUT2D eigenvalue weighted by atomic mass is 32.2. The van der Waals surface area contributed by atoms with Gasteiger partial charge in [-0.15, -0.1) is 11.8 Å². The molecule has 20 heavy (non-hydrogen) atoms. The van der Waals surface area contributed by atoms with E-state index >= 15 is 0 Å². The summed E-state index contributed by atoms with van der Waals surface area (Å²) in [6, 6.07) is 9.25. The third-order valence-electron chi connectivity index (χ3n) is 3.01. The molecule has 1 aromatic rings. The topological polar surface area (TPSA) is 21.3 Å². The molecule has 0 saturated heterocycles. The van der Waals surface area contributed by atoms with Gasteiger partial charge in [-0.1, -0.05) is 32.9 Å². The van der Waals surface area contributed by atoms with Crippen molar-refractivity contribution in [2.45, 2.75) is 45.1 Å². The van der Waals surface area contributed by atoms with Gasteiger partial charge in [-0.2, -0.15) is 0 Å². The van der Waals surface area contributed by atoms with Gasteiger partial charge in [-0.25, -0.2) is 0 Å². The zero-order chi connectivity index (χ0) is 14.8. The van der Waals surface area contributed by atoms with E-state index in [1.54, 1.807) is 0 Å². The molecule has 2 nitrogen and oxygen atoms in total. The third kappa shape index (κ3) is 7.32. The molecular formula is C17H29NOS. The molecule has 1 N–H and O–H groups in total. The van der Waals surface area contributed by atoms with Crippen molar-refractivity contribution in [3.63, 3.8) is 0 Å². The predicted octanol–water partition coefficient (Wildman–Crippen LogP) is 4.51. The molecule has 0 saturated carbocycles. The zero-order valence-corrected chi connectivity index (χ0v) is 14.1. The molecule has 1 aromatic carbocycles. The van der Waals surface area contributed by atoms with E-state index in [-0.39, 0.29) is 0 Å². The van der Waals surface area contributed by atoms with E-state index in [1.165, 1.54) is 16.9 Å². The van der Waals surface area contributed by atoms with Crippen molar-refractivity contribution in [3.8, 4) is 0 Å². The van der Waals surface area contributed by atoms with Crippen molar-refractivity contribution >= 4 is 11.8 Å². The normalized spacial score (nSPS) is 12.8. The average molecular weight is 295 g/mol. The van der Waals surface area contributed by atoms with E-state index in [2.05, 4.69) is 57.3 Å². The van der Waals surface area contributed by atoms with Crippen LogP contribution in [0.1, 0.15) is 45.7 Å². The van der Waals surface area contributed by atoms with Crippen LogP contribution >= 0.6 is 11.8 Å². The number of benzene rings is 1. The van der Waals surface area contributed by atoms with Crippen LogP contribution in [0.5, 0.6) is 0 Å². The van der Waals surface area contributed by atoms with Crippen LogP contribution in [0.2, 0.25) is 0 Å². The molecular weight excluding hydrogens is 266 g/mol. The first-order chi connectivity index (χ1) is 9.63. The molecule has 0 amide bonds. The first-order valence-corrected chi connectivity index (χ1v) is 8.66. The largest absolute Gasteiger partial charge is 0.380 e. The van der Waals surface area contributed by atoms with Crippen molar-refractivity contribution in [3.05, 3.63) is 29.8 Å². The lowest BCUT2D eigenvalue weighted by atomic mass is 10.1. The molecule has 0 radical (unpaired) electrons. The Morgan fingerprint density at radius 1 is 1.25 bits per heavy atom. The first-order valence-electron chi connectivity index (χ1n) is 7.67. The van der Waals surface area contributed by atoms with Crippen LogP contribution < -0.4 is 5.32 Å². The van der Waals surface area contributed by atoms with E-state index in [4.69, 9.17) is 4.74 Å². The summed E-state index contributed by atoms with van der Waals surface area (Å²) in [6.07, 6.45) is 1.17. The Bertz CT molecular complexity index is 368. The SMILES string of the molecule is CCCNC(C)c1cccc(SCCOCC(C)C)c1. The Hall–Kier alpha value is -0.510. The monoisotopic (exact) mass is 295 g/mol. The molecule has 0 bridgehead atoms. The summed E-state index contributed by atoms with van der Waals surface area (Å²) in [5.74, 6) is 1.64. The second-order valence-corrected chi connectivity index (χ2v) is 6.73. The molecule has 0 aliphatic rings. The molecule has 114 valence electrons. The molecule has 1 atom stereocenters. The minimum atomic E-state index is 0.424. The van der Waals surface area contributed by atoms with Gasteiger partial charge in [0.2, 0.25) is 0 Å². The zero-order valence-electron chi connectivity index (χ0n) is 13.3. The van der Waals surface area contributed by atoms with E-state index in [0.29, 0.717) is 12.0 Å². The lowest BCUT2D eigenvalue weighted by Gasteiger charge is -2.14. The number of thioether (sulfide) groups is 1. The Labute approximate surface area is 128 Å². The van der Waals surface area contributed by atoms with Gasteiger partial charge in [0.25, 0.3) is 0 Å². The number of hydrogen-bond donors (Lipinski definition) is 1. The molecule has 0 fully saturated rings. The summed E-state index contributed by atoms with van der Waals surface area (Å²) < 4.78 is 5.61. The smallest absolute Gasteiger partial charge is 0.0560 e. The van der Waals surface area contributed by atoms with Gasteiger partial charge < -0.3 is 10.1 Å². The lowest BCUT2D eigenvalue weighted by molar-refractivity contribution is 0.124. The molecule has 0 spiro atoms. The number of hydrogen-bond acceptors (Lipinski definition) is 3. The molecule has 0 aromatic heterocycles. The number of rotatable bonds is 10. The Balaban J connectivity index is 2.35. The second kappa shape index (κ2) is 10.3. The molecule has 0 aliphatic carbocycles. The summed E-state index contributed by atoms with van der Waals surface area (Å²) in [5.41, 5.74) is 1.37. The van der Waals surface area contributed by atoms with Crippen LogP contribution in [-0.2, 0) is 4.74 Å². The van der Waals surface area contributed by atoms with E-state index < -0.39 is 0 Å². The maximum atomic E-state index is 5.61. The minimum Gasteiger partial charge on any atom is -0.380 e. The van der Waals surface area contributed by atoms with E-state index in [1.807, 2.05) is 11.8 Å². The summed E-state index contributed by atoms with van der Waals surface area (Å²) >= 11 is 1.87. The minimum absolute atomic E-state index is 0.424. The fraction of sp³-hybridized carbons (Fsp3) is 0.647. The Morgan fingerprint density at radius 2 is 2.05 bits per heavy atom. The van der Waals surface area contributed by atoms with Gasteiger partial charge in [-0.3, -0.25) is 0 Å². The predicted molar refractivity (Wildman–Crippen MR) is 89.5 cm³/mol. The summed E-state index contributed by atoms with van der Waals surface area (Å²) in [4.78, 5) is 1.33. The van der Waals surface area contributed by atoms with E-state index in [0.717, 1.165) is 25.5 Å². The molecule has 0 heterocycles. The maximum absolute atomic E-state index is 5.61. The summed E-state index contributed by atoms with van der Waals surface area (Å²) in [6.45, 7) is 11.5. The van der Waals surface area contributed by atoms with Gasteiger partial charge in [-0.05, 0) is 43.5 Å². The lowest BCUT2D eigenvalue weighted by Crippen LogP contribution is -2.19. The van der Waals surface area contributed by atoms with Gasteiger partial charge in [0.15, 0.2) is 0 Å². The molecule has 3 heteroatoms. The van der Waals surface area contributed by atoms with E-state index in [9.17, 15) is 0 Å². The Kier molecular flexibility index (Phi) is 8.99. The van der Waals surface area contributed by atoms with Crippen LogP contribution in [-0.4, -0.2) is 25.5 Å². The molecule has 1 unspecified atom stereocenters. The second-order valence-electron chi connectivity index (χ2n) is 5.57. The van der Waals surface area contributed by atoms with Crippen molar-refractivity contribution in [1.82, 2.24) is 5.32 Å². The van der Waals surface area contributed by atoms with Crippen LogP contribution in [0.25, 0.3) is 0 Å². The van der Waals surface area contributed by atoms with Crippen LogP contribution in [0.4, 0.5) is 0 Å². The highest BCUT2D eigenvalue weighted by molar-refractivity contribution is 7.99. The van der Waals surface area contributed by atoms with Crippen molar-refractivity contribution in [2.24, 2.45) is 5.92 Å². The summed E-state index contributed by atoms with van der Waals surface area (Å²) in [7, 11) is 0. The molecule has 1 rings (SSSR count). The van der Waals surface area contributed by atoms with Crippen LogP contribution in [0.15, 0.2) is 29.2 Å². The average Bonchev–Trinajstić information content (AvgIpc) is 2.44. The Morgan fingerprint density at radius 3 is 2.75 bits per heavy atom.